The maximum Gasteiger partial charge on any atom is 0.139 e. The molecule has 4 nitrogen and oxygen atoms in total. The molecule has 21 heavy (non-hydrogen) atoms. The van der Waals surface area contributed by atoms with Crippen molar-refractivity contribution in [3.8, 4) is 17.1 Å². The Morgan fingerprint density at radius 2 is 2.10 bits per heavy atom. The summed E-state index contributed by atoms with van der Waals surface area (Å²) in [6.07, 6.45) is 0. The summed E-state index contributed by atoms with van der Waals surface area (Å²) in [6.45, 7) is 4.12. The lowest BCUT2D eigenvalue weighted by Gasteiger charge is -2.06. The number of ether oxygens (including phenoxy) is 1. The average Bonchev–Trinajstić information content (AvgIpc) is 2.97. The number of hydrogen-bond acceptors (Lipinski definition) is 4. The van der Waals surface area contributed by atoms with Crippen LogP contribution in [0.25, 0.3) is 22.3 Å². The van der Waals surface area contributed by atoms with E-state index >= 15 is 0 Å². The van der Waals surface area contributed by atoms with Crippen molar-refractivity contribution in [2.45, 2.75) is 19.8 Å². The van der Waals surface area contributed by atoms with Crippen molar-refractivity contribution in [1.29, 1.82) is 0 Å². The smallest absolute Gasteiger partial charge is 0.139 e. The van der Waals surface area contributed by atoms with Crippen LogP contribution in [-0.2, 0) is 0 Å². The molecule has 0 atom stereocenters. The molecular weight excluding hydrogens is 332 g/mol. The number of aromatic nitrogens is 2. The van der Waals surface area contributed by atoms with Crippen molar-refractivity contribution < 1.29 is 9.26 Å². The van der Waals surface area contributed by atoms with Crippen molar-refractivity contribution in [3.63, 3.8) is 0 Å². The maximum atomic E-state index is 5.33. The first kappa shape index (κ1) is 14.1. The molecule has 3 rings (SSSR count). The highest BCUT2D eigenvalue weighted by atomic mass is 79.9. The van der Waals surface area contributed by atoms with E-state index in [9.17, 15) is 0 Å². The molecule has 0 saturated heterocycles. The molecule has 0 spiro atoms. The lowest BCUT2D eigenvalue weighted by Crippen LogP contribution is -1.90. The van der Waals surface area contributed by atoms with Crippen molar-refractivity contribution in [2.75, 3.05) is 7.11 Å². The van der Waals surface area contributed by atoms with Gasteiger partial charge < -0.3 is 9.26 Å². The quantitative estimate of drug-likeness (QED) is 0.696. The normalized spacial score (nSPS) is 11.3. The highest BCUT2D eigenvalue weighted by molar-refractivity contribution is 9.10. The first-order chi connectivity index (χ1) is 10.1. The Bertz CT molecular complexity index is 796. The zero-order valence-electron chi connectivity index (χ0n) is 12.0. The summed E-state index contributed by atoms with van der Waals surface area (Å²) in [4.78, 5) is 4.65. The summed E-state index contributed by atoms with van der Waals surface area (Å²) < 4.78 is 11.4. The Kier molecular flexibility index (Phi) is 3.68. The molecule has 3 aromatic rings. The van der Waals surface area contributed by atoms with Gasteiger partial charge in [0.25, 0.3) is 0 Å². The second-order valence-corrected chi connectivity index (χ2v) is 5.83. The average molecular weight is 346 g/mol. The van der Waals surface area contributed by atoms with Crippen LogP contribution < -0.4 is 4.74 Å². The van der Waals surface area contributed by atoms with Crippen LogP contribution in [0.5, 0.6) is 5.75 Å². The maximum absolute atomic E-state index is 5.33. The van der Waals surface area contributed by atoms with Gasteiger partial charge in [0.2, 0.25) is 0 Å². The van der Waals surface area contributed by atoms with Crippen molar-refractivity contribution in [3.05, 3.63) is 40.6 Å². The van der Waals surface area contributed by atoms with Crippen molar-refractivity contribution >= 4 is 26.8 Å². The van der Waals surface area contributed by atoms with E-state index in [1.807, 2.05) is 24.3 Å². The molecule has 1 radical (unpaired) electrons. The zero-order valence-corrected chi connectivity index (χ0v) is 13.6. The molecule has 5 heteroatoms. The van der Waals surface area contributed by atoms with Crippen LogP contribution in [0.3, 0.4) is 0 Å². The van der Waals surface area contributed by atoms with Gasteiger partial charge in [0.05, 0.1) is 22.8 Å². The molecule has 2 heterocycles. The van der Waals surface area contributed by atoms with E-state index in [0.29, 0.717) is 11.6 Å². The third-order valence-electron chi connectivity index (χ3n) is 3.26. The zero-order chi connectivity index (χ0) is 15.0. The molecule has 0 aliphatic carbocycles. The predicted molar refractivity (Wildman–Crippen MR) is 84.4 cm³/mol. The summed E-state index contributed by atoms with van der Waals surface area (Å²) >= 11 is 3.53. The van der Waals surface area contributed by atoms with E-state index in [-0.39, 0.29) is 0 Å². The van der Waals surface area contributed by atoms with Gasteiger partial charge >= 0.3 is 0 Å². The number of benzene rings is 1. The molecule has 1 aromatic carbocycles. The van der Waals surface area contributed by atoms with Gasteiger partial charge in [-0.1, -0.05) is 19.0 Å². The number of nitrogens with zero attached hydrogens (tertiary/aromatic N) is 2. The van der Waals surface area contributed by atoms with Crippen molar-refractivity contribution in [1.82, 2.24) is 10.1 Å². The Labute approximate surface area is 131 Å². The molecule has 0 amide bonds. The minimum Gasteiger partial charge on any atom is -0.495 e. The molecule has 2 aromatic heterocycles. The van der Waals surface area contributed by atoms with Gasteiger partial charge in [-0.25, -0.2) is 4.98 Å². The predicted octanol–water partition coefficient (Wildman–Crippen LogP) is 4.58. The van der Waals surface area contributed by atoms with Crippen LogP contribution in [0.1, 0.15) is 25.5 Å². The topological polar surface area (TPSA) is 48.2 Å². The minimum atomic E-state index is 0.294. The van der Waals surface area contributed by atoms with Crippen LogP contribution >= 0.6 is 15.9 Å². The second kappa shape index (κ2) is 5.48. The number of pyridine rings is 1. The molecule has 107 valence electrons. The van der Waals surface area contributed by atoms with Crippen molar-refractivity contribution in [2.24, 2.45) is 0 Å². The number of fused-ring (bicyclic) bond motifs is 1. The third-order valence-corrected chi connectivity index (χ3v) is 4.02. The van der Waals surface area contributed by atoms with E-state index in [1.165, 1.54) is 0 Å². The number of hydrogen-bond donors (Lipinski definition) is 0. The highest BCUT2D eigenvalue weighted by Gasteiger charge is 2.13. The van der Waals surface area contributed by atoms with Crippen LogP contribution in [-0.4, -0.2) is 17.3 Å². The van der Waals surface area contributed by atoms with Gasteiger partial charge in [0.15, 0.2) is 0 Å². The highest BCUT2D eigenvalue weighted by Crippen LogP contribution is 2.33. The second-order valence-electron chi connectivity index (χ2n) is 5.03. The van der Waals surface area contributed by atoms with E-state index in [0.717, 1.165) is 32.6 Å². The number of methoxy groups -OCH3 is 1. The summed E-state index contributed by atoms with van der Waals surface area (Å²) in [5, 5.41) is 5.00. The van der Waals surface area contributed by atoms with Gasteiger partial charge in [-0.05, 0) is 40.2 Å². The lowest BCUT2D eigenvalue weighted by atomic mass is 10.1. The molecule has 0 unspecified atom stereocenters. The summed E-state index contributed by atoms with van der Waals surface area (Å²) in [5.74, 6) is 1.88. The van der Waals surface area contributed by atoms with Crippen LogP contribution in [0.15, 0.2) is 33.3 Å². The summed E-state index contributed by atoms with van der Waals surface area (Å²) in [5.41, 5.74) is 2.24. The number of rotatable bonds is 3. The molecule has 0 aliphatic rings. The van der Waals surface area contributed by atoms with Gasteiger partial charge in [0.1, 0.15) is 17.2 Å². The van der Waals surface area contributed by atoms with Gasteiger partial charge in [0, 0.05) is 17.4 Å². The monoisotopic (exact) mass is 345 g/mol. The van der Waals surface area contributed by atoms with Crippen LogP contribution in [0.2, 0.25) is 0 Å². The first-order valence-corrected chi connectivity index (χ1v) is 7.41. The molecule has 0 bridgehead atoms. The molecule has 0 aliphatic heterocycles. The molecule has 0 fully saturated rings. The fourth-order valence-electron chi connectivity index (χ4n) is 2.04. The van der Waals surface area contributed by atoms with E-state index in [4.69, 9.17) is 9.26 Å². The van der Waals surface area contributed by atoms with E-state index in [2.05, 4.69) is 46.0 Å². The van der Waals surface area contributed by atoms with Gasteiger partial charge in [-0.3, -0.25) is 0 Å². The Hall–Kier alpha value is -1.88. The standard InChI is InChI=1S/C16H14BrN2O2/c1-9(2)14-8-12(19-21-14)11-6-4-10-5-7-13(20-3)15(17)16(10)18-11/h5-9H,1-3H3. The Morgan fingerprint density at radius 3 is 2.76 bits per heavy atom. The van der Waals surface area contributed by atoms with E-state index in [1.54, 1.807) is 7.11 Å². The minimum absolute atomic E-state index is 0.294. The SMILES string of the molecule is COc1ccc2[c]cc(-c3cc(C(C)C)on3)nc2c1Br. The van der Waals surface area contributed by atoms with Crippen LogP contribution in [0.4, 0.5) is 0 Å². The lowest BCUT2D eigenvalue weighted by molar-refractivity contribution is 0.373. The van der Waals surface area contributed by atoms with Gasteiger partial charge in [-0.2, -0.15) is 0 Å². The third kappa shape index (κ3) is 2.53. The molecular formula is C16H14BrN2O2. The largest absolute Gasteiger partial charge is 0.495 e. The fourth-order valence-corrected chi connectivity index (χ4v) is 2.64. The van der Waals surface area contributed by atoms with Crippen LogP contribution in [0, 0.1) is 6.07 Å². The first-order valence-electron chi connectivity index (χ1n) is 6.62. The number of halogens is 1. The Morgan fingerprint density at radius 1 is 1.29 bits per heavy atom. The molecule has 0 N–H and O–H groups in total. The summed E-state index contributed by atoms with van der Waals surface area (Å²) in [7, 11) is 1.63. The fraction of sp³-hybridized carbons (Fsp3) is 0.250. The van der Waals surface area contributed by atoms with E-state index < -0.39 is 0 Å². The summed E-state index contributed by atoms with van der Waals surface area (Å²) in [6, 6.07) is 10.8. The van der Waals surface area contributed by atoms with Gasteiger partial charge in [-0.15, -0.1) is 0 Å². The molecule has 0 saturated carbocycles. The Balaban J connectivity index is 2.13.